The van der Waals surface area contributed by atoms with Crippen molar-refractivity contribution in [2.75, 3.05) is 11.6 Å². The Kier molecular flexibility index (Phi) is 5.12. The van der Waals surface area contributed by atoms with Crippen LogP contribution in [0, 0.1) is 5.82 Å². The standard InChI is InChI=1S/C22H22FN5O3S/c1-22(2,3)17-13-18(28(26-17)15-10-8-14(23)9-11-15)24-20(29)19-16-7-5-6-12-27(16)21(25-19)32(4,30)31/h5-13H,1-4H3,(H,24,29). The topological polar surface area (TPSA) is 98.4 Å². The first kappa shape index (κ1) is 21.7. The molecule has 0 unspecified atom stereocenters. The average molecular weight is 456 g/mol. The average Bonchev–Trinajstić information content (AvgIpc) is 3.30. The van der Waals surface area contributed by atoms with E-state index in [0.717, 1.165) is 6.26 Å². The third-order valence-electron chi connectivity index (χ3n) is 4.85. The van der Waals surface area contributed by atoms with Gasteiger partial charge in [0.05, 0.1) is 16.9 Å². The summed E-state index contributed by atoms with van der Waals surface area (Å²) in [7, 11) is -3.67. The molecule has 0 atom stereocenters. The number of anilines is 1. The molecule has 0 aliphatic carbocycles. The van der Waals surface area contributed by atoms with E-state index in [1.165, 1.54) is 27.4 Å². The third kappa shape index (κ3) is 4.01. The van der Waals surface area contributed by atoms with Gasteiger partial charge in [0.1, 0.15) is 11.6 Å². The molecule has 1 amide bonds. The van der Waals surface area contributed by atoms with Gasteiger partial charge in [-0.1, -0.05) is 26.8 Å². The van der Waals surface area contributed by atoms with Gasteiger partial charge < -0.3 is 5.32 Å². The molecule has 0 saturated carbocycles. The van der Waals surface area contributed by atoms with Gasteiger partial charge in [-0.2, -0.15) is 5.10 Å². The van der Waals surface area contributed by atoms with Gasteiger partial charge in [-0.15, -0.1) is 0 Å². The van der Waals surface area contributed by atoms with Crippen molar-refractivity contribution in [1.29, 1.82) is 0 Å². The van der Waals surface area contributed by atoms with Crippen LogP contribution >= 0.6 is 0 Å². The largest absolute Gasteiger partial charge is 0.305 e. The molecule has 0 spiro atoms. The molecule has 10 heteroatoms. The number of sulfone groups is 1. The maximum absolute atomic E-state index is 13.4. The maximum Gasteiger partial charge on any atom is 0.277 e. The van der Waals surface area contributed by atoms with Crippen LogP contribution in [-0.4, -0.2) is 39.7 Å². The third-order valence-corrected chi connectivity index (χ3v) is 5.80. The minimum Gasteiger partial charge on any atom is -0.305 e. The quantitative estimate of drug-likeness (QED) is 0.507. The summed E-state index contributed by atoms with van der Waals surface area (Å²) in [5.74, 6) is -0.628. The SMILES string of the molecule is CC(C)(C)c1cc(NC(=O)c2nc(S(C)(=O)=O)n3ccccc23)n(-c2ccc(F)cc2)n1. The maximum atomic E-state index is 13.4. The number of aromatic nitrogens is 4. The summed E-state index contributed by atoms with van der Waals surface area (Å²) in [4.78, 5) is 17.3. The lowest BCUT2D eigenvalue weighted by molar-refractivity contribution is 0.102. The summed E-state index contributed by atoms with van der Waals surface area (Å²) in [5, 5.41) is 7.16. The second-order valence-electron chi connectivity index (χ2n) is 8.48. The van der Waals surface area contributed by atoms with E-state index in [1.807, 2.05) is 20.8 Å². The fourth-order valence-corrected chi connectivity index (χ4v) is 4.00. The van der Waals surface area contributed by atoms with Crippen molar-refractivity contribution in [3.63, 3.8) is 0 Å². The van der Waals surface area contributed by atoms with E-state index in [1.54, 1.807) is 36.4 Å². The lowest BCUT2D eigenvalue weighted by Crippen LogP contribution is -2.16. The summed E-state index contributed by atoms with van der Waals surface area (Å²) in [6.07, 6.45) is 2.58. The Labute approximate surface area is 184 Å². The Bertz CT molecular complexity index is 1430. The normalized spacial score (nSPS) is 12.3. The van der Waals surface area contributed by atoms with Crippen molar-refractivity contribution in [3.05, 3.63) is 71.9 Å². The zero-order valence-electron chi connectivity index (χ0n) is 18.0. The number of amides is 1. The van der Waals surface area contributed by atoms with Crippen LogP contribution in [0.25, 0.3) is 11.2 Å². The first-order valence-electron chi connectivity index (χ1n) is 9.80. The highest BCUT2D eigenvalue weighted by molar-refractivity contribution is 7.90. The molecule has 0 radical (unpaired) electrons. The summed E-state index contributed by atoms with van der Waals surface area (Å²) in [6, 6.07) is 12.4. The Morgan fingerprint density at radius 3 is 2.41 bits per heavy atom. The van der Waals surface area contributed by atoms with E-state index < -0.39 is 15.7 Å². The van der Waals surface area contributed by atoms with Gasteiger partial charge in [0.2, 0.25) is 15.0 Å². The number of carbonyl (C=O) groups is 1. The number of carbonyl (C=O) groups excluding carboxylic acids is 1. The van der Waals surface area contributed by atoms with Crippen LogP contribution in [0.2, 0.25) is 0 Å². The molecular formula is C22H22FN5O3S. The van der Waals surface area contributed by atoms with Crippen LogP contribution in [0.15, 0.2) is 59.9 Å². The summed E-state index contributed by atoms with van der Waals surface area (Å²) in [5.41, 5.74) is 1.28. The molecule has 4 aromatic rings. The molecule has 166 valence electrons. The van der Waals surface area contributed by atoms with Crippen LogP contribution in [0.4, 0.5) is 10.2 Å². The molecule has 1 aromatic carbocycles. The highest BCUT2D eigenvalue weighted by atomic mass is 32.2. The number of nitrogens with zero attached hydrogens (tertiary/aromatic N) is 4. The van der Waals surface area contributed by atoms with Crippen molar-refractivity contribution >= 4 is 27.1 Å². The number of fused-ring (bicyclic) bond motifs is 1. The van der Waals surface area contributed by atoms with Gasteiger partial charge in [0.15, 0.2) is 5.69 Å². The van der Waals surface area contributed by atoms with Crippen LogP contribution in [0.5, 0.6) is 0 Å². The molecule has 0 saturated heterocycles. The number of benzene rings is 1. The van der Waals surface area contributed by atoms with E-state index in [2.05, 4.69) is 15.4 Å². The first-order valence-corrected chi connectivity index (χ1v) is 11.7. The molecule has 32 heavy (non-hydrogen) atoms. The highest BCUT2D eigenvalue weighted by Gasteiger charge is 2.25. The number of halogens is 1. The number of rotatable bonds is 4. The molecule has 1 N–H and O–H groups in total. The zero-order chi connectivity index (χ0) is 23.3. The van der Waals surface area contributed by atoms with Crippen molar-refractivity contribution in [2.24, 2.45) is 0 Å². The molecule has 3 aromatic heterocycles. The van der Waals surface area contributed by atoms with Gasteiger partial charge in [0.25, 0.3) is 5.91 Å². The highest BCUT2D eigenvalue weighted by Crippen LogP contribution is 2.27. The number of hydrogen-bond acceptors (Lipinski definition) is 5. The molecule has 0 fully saturated rings. The Morgan fingerprint density at radius 2 is 1.78 bits per heavy atom. The molecule has 3 heterocycles. The number of imidazole rings is 1. The van der Waals surface area contributed by atoms with Crippen molar-refractivity contribution < 1.29 is 17.6 Å². The van der Waals surface area contributed by atoms with Gasteiger partial charge in [0, 0.05) is 23.9 Å². The van der Waals surface area contributed by atoms with Gasteiger partial charge >= 0.3 is 0 Å². The van der Waals surface area contributed by atoms with Crippen LogP contribution in [0.3, 0.4) is 0 Å². The zero-order valence-corrected chi connectivity index (χ0v) is 18.8. The number of hydrogen-bond donors (Lipinski definition) is 1. The van der Waals surface area contributed by atoms with Crippen molar-refractivity contribution in [3.8, 4) is 5.69 Å². The second kappa shape index (κ2) is 7.56. The van der Waals surface area contributed by atoms with Gasteiger partial charge in [-0.25, -0.2) is 22.5 Å². The molecule has 4 rings (SSSR count). The second-order valence-corrected chi connectivity index (χ2v) is 10.4. The Balaban J connectivity index is 1.80. The smallest absolute Gasteiger partial charge is 0.277 e. The summed E-state index contributed by atoms with van der Waals surface area (Å²) >= 11 is 0. The lowest BCUT2D eigenvalue weighted by atomic mass is 9.92. The number of nitrogens with one attached hydrogen (secondary N) is 1. The Morgan fingerprint density at radius 1 is 1.09 bits per heavy atom. The summed E-state index contributed by atoms with van der Waals surface area (Å²) in [6.45, 7) is 5.95. The predicted molar refractivity (Wildman–Crippen MR) is 118 cm³/mol. The predicted octanol–water partition coefficient (Wildman–Crippen LogP) is 3.61. The van der Waals surface area contributed by atoms with Crippen LogP contribution < -0.4 is 5.32 Å². The minimum atomic E-state index is -3.67. The molecule has 0 aliphatic heterocycles. The van der Waals surface area contributed by atoms with Gasteiger partial charge in [-0.3, -0.25) is 9.20 Å². The monoisotopic (exact) mass is 455 g/mol. The first-order chi connectivity index (χ1) is 14.9. The Hall–Kier alpha value is -3.53. The molecule has 0 bridgehead atoms. The van der Waals surface area contributed by atoms with Gasteiger partial charge in [-0.05, 0) is 36.4 Å². The van der Waals surface area contributed by atoms with Crippen molar-refractivity contribution in [1.82, 2.24) is 19.2 Å². The van der Waals surface area contributed by atoms with E-state index in [9.17, 15) is 17.6 Å². The summed E-state index contributed by atoms with van der Waals surface area (Å²) < 4.78 is 40.6. The van der Waals surface area contributed by atoms with E-state index in [0.29, 0.717) is 22.7 Å². The fourth-order valence-electron chi connectivity index (χ4n) is 3.23. The van der Waals surface area contributed by atoms with E-state index >= 15 is 0 Å². The van der Waals surface area contributed by atoms with Crippen LogP contribution in [-0.2, 0) is 15.3 Å². The fraction of sp³-hybridized carbons (Fsp3) is 0.227. The minimum absolute atomic E-state index is 0.0322. The van der Waals surface area contributed by atoms with Crippen LogP contribution in [0.1, 0.15) is 37.0 Å². The molecule has 8 nitrogen and oxygen atoms in total. The lowest BCUT2D eigenvalue weighted by Gasteiger charge is -2.14. The van der Waals surface area contributed by atoms with E-state index in [-0.39, 0.29) is 22.1 Å². The molecular weight excluding hydrogens is 433 g/mol. The van der Waals surface area contributed by atoms with E-state index in [4.69, 9.17) is 0 Å². The van der Waals surface area contributed by atoms with Crippen molar-refractivity contribution in [2.45, 2.75) is 31.3 Å². The number of pyridine rings is 1. The molecule has 0 aliphatic rings.